The molecule has 6 nitrogen and oxygen atoms in total. The van der Waals surface area contributed by atoms with Crippen LogP contribution in [0.25, 0.3) is 0 Å². The van der Waals surface area contributed by atoms with Crippen molar-refractivity contribution in [3.63, 3.8) is 0 Å². The lowest BCUT2D eigenvalue weighted by Gasteiger charge is -2.22. The van der Waals surface area contributed by atoms with E-state index in [2.05, 4.69) is 44.2 Å². The van der Waals surface area contributed by atoms with Crippen molar-refractivity contribution in [2.45, 2.75) is 17.7 Å². The van der Waals surface area contributed by atoms with Crippen LogP contribution in [0.1, 0.15) is 12.0 Å². The summed E-state index contributed by atoms with van der Waals surface area (Å²) in [6, 6.07) is 19.0. The highest BCUT2D eigenvalue weighted by Gasteiger charge is 2.24. The second kappa shape index (κ2) is 11.5. The van der Waals surface area contributed by atoms with Gasteiger partial charge in [0.15, 0.2) is 5.96 Å². The van der Waals surface area contributed by atoms with Gasteiger partial charge < -0.3 is 10.2 Å². The maximum absolute atomic E-state index is 12.2. The van der Waals surface area contributed by atoms with Crippen molar-refractivity contribution >= 4 is 40.0 Å². The molecule has 1 fully saturated rings. The Bertz CT molecular complexity index is 876. The topological polar surface area (TPSA) is 73.8 Å². The van der Waals surface area contributed by atoms with Gasteiger partial charge in [0.25, 0.3) is 0 Å². The van der Waals surface area contributed by atoms with Crippen molar-refractivity contribution in [3.05, 3.63) is 66.2 Å². The molecule has 0 radical (unpaired) electrons. The predicted molar refractivity (Wildman–Crippen MR) is 128 cm³/mol. The van der Waals surface area contributed by atoms with E-state index in [1.54, 1.807) is 37.4 Å². The Kier molecular flexibility index (Phi) is 9.38. The van der Waals surface area contributed by atoms with Crippen LogP contribution in [0.4, 0.5) is 0 Å². The van der Waals surface area contributed by atoms with E-state index in [-0.39, 0.29) is 28.9 Å². The highest BCUT2D eigenvalue weighted by atomic mass is 127. The molecule has 1 aliphatic rings. The molecule has 2 aromatic rings. The van der Waals surface area contributed by atoms with Gasteiger partial charge in [-0.3, -0.25) is 4.99 Å². The van der Waals surface area contributed by atoms with Gasteiger partial charge >= 0.3 is 0 Å². The molecular weight excluding hydrogens is 499 g/mol. The van der Waals surface area contributed by atoms with Crippen LogP contribution in [-0.2, 0) is 16.4 Å². The zero-order valence-electron chi connectivity index (χ0n) is 16.6. The Morgan fingerprint density at radius 2 is 1.72 bits per heavy atom. The number of nitrogens with one attached hydrogen (secondary N) is 2. The number of hydrogen-bond acceptors (Lipinski definition) is 3. The third-order valence-corrected chi connectivity index (χ3v) is 6.40. The molecule has 1 saturated heterocycles. The molecule has 158 valence electrons. The van der Waals surface area contributed by atoms with Crippen LogP contribution in [-0.4, -0.2) is 52.5 Å². The summed E-state index contributed by atoms with van der Waals surface area (Å²) in [7, 11) is -1.71. The van der Waals surface area contributed by atoms with Crippen LogP contribution in [0.2, 0.25) is 0 Å². The lowest BCUT2D eigenvalue weighted by atomic mass is 9.99. The average Bonchev–Trinajstić information content (AvgIpc) is 3.17. The van der Waals surface area contributed by atoms with Crippen molar-refractivity contribution in [2.75, 3.05) is 33.2 Å². The first-order chi connectivity index (χ1) is 13.6. The molecule has 1 aliphatic heterocycles. The molecule has 0 spiro atoms. The molecule has 2 N–H and O–H groups in total. The van der Waals surface area contributed by atoms with E-state index >= 15 is 0 Å². The predicted octanol–water partition coefficient (Wildman–Crippen LogP) is 2.72. The van der Waals surface area contributed by atoms with Gasteiger partial charge in [-0.05, 0) is 36.5 Å². The van der Waals surface area contributed by atoms with Gasteiger partial charge in [-0.2, -0.15) is 0 Å². The lowest BCUT2D eigenvalue weighted by Crippen LogP contribution is -2.43. The van der Waals surface area contributed by atoms with E-state index in [1.807, 2.05) is 6.07 Å². The van der Waals surface area contributed by atoms with E-state index in [4.69, 9.17) is 0 Å². The molecule has 1 atom stereocenters. The summed E-state index contributed by atoms with van der Waals surface area (Å²) in [4.78, 5) is 6.89. The third-order valence-electron chi connectivity index (χ3n) is 4.92. The largest absolute Gasteiger partial charge is 0.355 e. The first kappa shape index (κ1) is 23.6. The Hall–Kier alpha value is -1.65. The number of nitrogens with zero attached hydrogens (tertiary/aromatic N) is 2. The maximum atomic E-state index is 12.2. The molecule has 1 unspecified atom stereocenters. The summed E-state index contributed by atoms with van der Waals surface area (Å²) < 4.78 is 27.1. The van der Waals surface area contributed by atoms with Crippen molar-refractivity contribution in [1.82, 2.24) is 14.9 Å². The highest BCUT2D eigenvalue weighted by Crippen LogP contribution is 2.20. The van der Waals surface area contributed by atoms with Gasteiger partial charge in [-0.15, -0.1) is 24.0 Å². The number of hydrogen-bond donors (Lipinski definition) is 2. The van der Waals surface area contributed by atoms with Gasteiger partial charge in [0.05, 0.1) is 4.90 Å². The molecule has 0 saturated carbocycles. The molecular formula is C21H29IN4O2S. The second-order valence-corrected chi connectivity index (χ2v) is 8.74. The van der Waals surface area contributed by atoms with E-state index in [0.29, 0.717) is 19.0 Å². The number of halogens is 1. The first-order valence-corrected chi connectivity index (χ1v) is 11.1. The fraction of sp³-hybridized carbons (Fsp3) is 0.381. The van der Waals surface area contributed by atoms with E-state index in [0.717, 1.165) is 31.9 Å². The summed E-state index contributed by atoms with van der Waals surface area (Å²) in [5, 5.41) is 3.27. The second-order valence-electron chi connectivity index (χ2n) is 6.98. The standard InChI is InChI=1S/C21H28N4O2S.HI/c1-22-21(23-13-14-24-28(26,27)20-10-6-3-7-11-20)25-15-12-19(17-25)16-18-8-4-2-5-9-18;/h2-11,19,24H,12-17H2,1H3,(H,22,23);1H. The molecule has 0 bridgehead atoms. The third kappa shape index (κ3) is 6.97. The minimum Gasteiger partial charge on any atom is -0.355 e. The van der Waals surface area contributed by atoms with Crippen LogP contribution in [0, 0.1) is 5.92 Å². The normalized spacial score (nSPS) is 17.1. The van der Waals surface area contributed by atoms with Crippen LogP contribution in [0.15, 0.2) is 70.6 Å². The molecule has 1 heterocycles. The molecule has 8 heteroatoms. The summed E-state index contributed by atoms with van der Waals surface area (Å²) in [5.74, 6) is 1.44. The number of sulfonamides is 1. The summed E-state index contributed by atoms with van der Waals surface area (Å²) in [5.41, 5.74) is 1.37. The summed E-state index contributed by atoms with van der Waals surface area (Å²) >= 11 is 0. The molecule has 2 aromatic carbocycles. The fourth-order valence-corrected chi connectivity index (χ4v) is 4.57. The molecule has 29 heavy (non-hydrogen) atoms. The average molecular weight is 528 g/mol. The Labute approximate surface area is 190 Å². The van der Waals surface area contributed by atoms with Crippen LogP contribution < -0.4 is 10.0 Å². The fourth-order valence-electron chi connectivity index (χ4n) is 3.51. The van der Waals surface area contributed by atoms with Crippen LogP contribution in [0.5, 0.6) is 0 Å². The number of likely N-dealkylation sites (tertiary alicyclic amines) is 1. The van der Waals surface area contributed by atoms with Crippen LogP contribution in [0.3, 0.4) is 0 Å². The van der Waals surface area contributed by atoms with E-state index < -0.39 is 10.0 Å². The van der Waals surface area contributed by atoms with Gasteiger partial charge in [-0.1, -0.05) is 48.5 Å². The Morgan fingerprint density at radius 1 is 1.07 bits per heavy atom. The monoisotopic (exact) mass is 528 g/mol. The first-order valence-electron chi connectivity index (χ1n) is 9.63. The number of guanidine groups is 1. The SMILES string of the molecule is CN=C(NCCNS(=O)(=O)c1ccccc1)N1CCC(Cc2ccccc2)C1.I. The Morgan fingerprint density at radius 3 is 2.38 bits per heavy atom. The Balaban J connectivity index is 0.00000300. The molecule has 3 rings (SSSR count). The number of rotatable bonds is 7. The van der Waals surface area contributed by atoms with Crippen LogP contribution >= 0.6 is 24.0 Å². The van der Waals surface area contributed by atoms with Gasteiger partial charge in [0.1, 0.15) is 0 Å². The summed E-state index contributed by atoms with van der Waals surface area (Å²) in [6.45, 7) is 2.72. The van der Waals surface area contributed by atoms with Crippen molar-refractivity contribution in [3.8, 4) is 0 Å². The number of aliphatic imine (C=N–C) groups is 1. The minimum absolute atomic E-state index is 0. The van der Waals surface area contributed by atoms with E-state index in [9.17, 15) is 8.42 Å². The molecule has 0 aliphatic carbocycles. The zero-order valence-corrected chi connectivity index (χ0v) is 19.8. The molecule has 0 aromatic heterocycles. The van der Waals surface area contributed by atoms with E-state index in [1.165, 1.54) is 5.56 Å². The lowest BCUT2D eigenvalue weighted by molar-refractivity contribution is 0.460. The maximum Gasteiger partial charge on any atom is 0.240 e. The minimum atomic E-state index is -3.47. The smallest absolute Gasteiger partial charge is 0.240 e. The van der Waals surface area contributed by atoms with Gasteiger partial charge in [-0.25, -0.2) is 13.1 Å². The van der Waals surface area contributed by atoms with Gasteiger partial charge in [0, 0.05) is 33.2 Å². The van der Waals surface area contributed by atoms with Crippen molar-refractivity contribution in [1.29, 1.82) is 0 Å². The van der Waals surface area contributed by atoms with Crippen molar-refractivity contribution < 1.29 is 8.42 Å². The zero-order chi connectivity index (χ0) is 19.8. The quantitative estimate of drug-likeness (QED) is 0.251. The highest BCUT2D eigenvalue weighted by molar-refractivity contribution is 14.0. The summed E-state index contributed by atoms with van der Waals surface area (Å²) in [6.07, 6.45) is 2.21. The molecule has 0 amide bonds. The number of benzene rings is 2. The van der Waals surface area contributed by atoms with Crippen molar-refractivity contribution in [2.24, 2.45) is 10.9 Å². The van der Waals surface area contributed by atoms with Gasteiger partial charge in [0.2, 0.25) is 10.0 Å².